The Labute approximate surface area is 115 Å². The highest BCUT2D eigenvalue weighted by Crippen LogP contribution is 2.35. The molecule has 0 heterocycles. The Balaban J connectivity index is 2.47. The van der Waals surface area contributed by atoms with Gasteiger partial charge in [0.1, 0.15) is 17.4 Å². The van der Waals surface area contributed by atoms with E-state index >= 15 is 0 Å². The second-order valence-electron chi connectivity index (χ2n) is 4.22. The smallest absolute Gasteiger partial charge is 0.131 e. The van der Waals surface area contributed by atoms with Crippen molar-refractivity contribution >= 4 is 11.6 Å². The minimum Gasteiger partial charge on any atom is -0.497 e. The van der Waals surface area contributed by atoms with Crippen LogP contribution in [0.15, 0.2) is 36.4 Å². The molecule has 0 aromatic heterocycles. The van der Waals surface area contributed by atoms with Gasteiger partial charge in [-0.1, -0.05) is 12.1 Å². The molecule has 0 aliphatic heterocycles. The van der Waals surface area contributed by atoms with Crippen molar-refractivity contribution in [1.29, 1.82) is 0 Å². The molecule has 100 valence electrons. The van der Waals surface area contributed by atoms with Gasteiger partial charge in [-0.3, -0.25) is 0 Å². The summed E-state index contributed by atoms with van der Waals surface area (Å²) in [6.45, 7) is 1.83. The fraction of sp³-hybridized carbons (Fsp3) is 0.200. The fourth-order valence-electron chi connectivity index (χ4n) is 1.97. The summed E-state index contributed by atoms with van der Waals surface area (Å²) in [5, 5.41) is -0.868. The number of alkyl halides is 1. The second kappa shape index (κ2) is 5.57. The quantitative estimate of drug-likeness (QED) is 0.747. The zero-order chi connectivity index (χ0) is 14.0. The van der Waals surface area contributed by atoms with Gasteiger partial charge in [0.05, 0.1) is 12.5 Å². The molecule has 0 radical (unpaired) electrons. The molecule has 0 saturated heterocycles. The average molecular weight is 283 g/mol. The van der Waals surface area contributed by atoms with Gasteiger partial charge in [-0.05, 0) is 42.3 Å². The van der Waals surface area contributed by atoms with E-state index in [4.69, 9.17) is 16.3 Å². The van der Waals surface area contributed by atoms with Crippen molar-refractivity contribution in [3.63, 3.8) is 0 Å². The summed E-state index contributed by atoms with van der Waals surface area (Å²) in [7, 11) is 1.56. The molecule has 2 aromatic carbocycles. The van der Waals surface area contributed by atoms with E-state index in [2.05, 4.69) is 0 Å². The lowest BCUT2D eigenvalue weighted by Crippen LogP contribution is -2.03. The first-order valence-corrected chi connectivity index (χ1v) is 6.20. The first-order chi connectivity index (χ1) is 9.04. The summed E-state index contributed by atoms with van der Waals surface area (Å²) in [5.74, 6) is -0.607. The van der Waals surface area contributed by atoms with Crippen LogP contribution in [0.4, 0.5) is 8.78 Å². The summed E-state index contributed by atoms with van der Waals surface area (Å²) >= 11 is 6.22. The van der Waals surface area contributed by atoms with Crippen molar-refractivity contribution in [3.8, 4) is 5.75 Å². The molecule has 19 heavy (non-hydrogen) atoms. The predicted molar refractivity (Wildman–Crippen MR) is 71.8 cm³/mol. The molecule has 1 nitrogen and oxygen atoms in total. The number of halogens is 3. The Kier molecular flexibility index (Phi) is 4.05. The summed E-state index contributed by atoms with van der Waals surface area (Å²) in [6.07, 6.45) is 0. The van der Waals surface area contributed by atoms with Crippen LogP contribution in [0.5, 0.6) is 5.75 Å². The van der Waals surface area contributed by atoms with Crippen molar-refractivity contribution in [1.82, 2.24) is 0 Å². The molecule has 1 atom stereocenters. The Hall–Kier alpha value is -1.61. The van der Waals surface area contributed by atoms with Crippen molar-refractivity contribution in [2.24, 2.45) is 0 Å². The van der Waals surface area contributed by atoms with Gasteiger partial charge in [-0.2, -0.15) is 0 Å². The van der Waals surface area contributed by atoms with E-state index in [0.717, 1.165) is 5.56 Å². The third-order valence-corrected chi connectivity index (χ3v) is 3.46. The van der Waals surface area contributed by atoms with Gasteiger partial charge in [-0.25, -0.2) is 8.78 Å². The first-order valence-electron chi connectivity index (χ1n) is 5.77. The van der Waals surface area contributed by atoms with Crippen LogP contribution in [0, 0.1) is 18.6 Å². The Morgan fingerprint density at radius 2 is 1.74 bits per heavy atom. The number of hydrogen-bond acceptors (Lipinski definition) is 1. The van der Waals surface area contributed by atoms with Gasteiger partial charge in [0.15, 0.2) is 0 Å². The lowest BCUT2D eigenvalue weighted by atomic mass is 9.99. The standard InChI is InChI=1S/C15H13ClF2O/c1-9-8-10(19-2)6-7-11(9)15(16)14-12(17)4-3-5-13(14)18/h3-8,15H,1-2H3. The molecule has 2 rings (SSSR count). The molecule has 0 aliphatic carbocycles. The largest absolute Gasteiger partial charge is 0.497 e. The van der Waals surface area contributed by atoms with E-state index in [9.17, 15) is 8.78 Å². The minimum absolute atomic E-state index is 0.127. The first kappa shape index (κ1) is 13.8. The Morgan fingerprint density at radius 3 is 2.26 bits per heavy atom. The predicted octanol–water partition coefficient (Wildman–Crippen LogP) is 4.61. The lowest BCUT2D eigenvalue weighted by molar-refractivity contribution is 0.414. The molecule has 0 amide bonds. The molecule has 0 fully saturated rings. The van der Waals surface area contributed by atoms with Crippen LogP contribution in [-0.2, 0) is 0 Å². The van der Waals surface area contributed by atoms with E-state index < -0.39 is 17.0 Å². The third-order valence-electron chi connectivity index (χ3n) is 3.00. The molecular weight excluding hydrogens is 270 g/mol. The van der Waals surface area contributed by atoms with E-state index in [0.29, 0.717) is 11.3 Å². The van der Waals surface area contributed by atoms with Gasteiger partial charge in [-0.15, -0.1) is 11.6 Å². The number of hydrogen-bond donors (Lipinski definition) is 0. The van der Waals surface area contributed by atoms with Gasteiger partial charge in [0.25, 0.3) is 0 Å². The Bertz CT molecular complexity index is 578. The molecule has 0 bridgehead atoms. The molecule has 0 N–H and O–H groups in total. The van der Waals surface area contributed by atoms with E-state index in [-0.39, 0.29) is 5.56 Å². The normalized spacial score (nSPS) is 12.3. The zero-order valence-corrected chi connectivity index (χ0v) is 11.3. The van der Waals surface area contributed by atoms with E-state index in [1.807, 2.05) is 6.92 Å². The molecule has 0 saturated carbocycles. The zero-order valence-electron chi connectivity index (χ0n) is 10.6. The number of aryl methyl sites for hydroxylation is 1. The summed E-state index contributed by atoms with van der Waals surface area (Å²) in [6, 6.07) is 8.94. The maximum absolute atomic E-state index is 13.7. The number of benzene rings is 2. The van der Waals surface area contributed by atoms with Crippen LogP contribution in [0.1, 0.15) is 22.1 Å². The molecule has 4 heteroatoms. The topological polar surface area (TPSA) is 9.23 Å². The van der Waals surface area contributed by atoms with Crippen LogP contribution in [0.25, 0.3) is 0 Å². The number of methoxy groups -OCH3 is 1. The molecule has 1 unspecified atom stereocenters. The molecule has 2 aromatic rings. The lowest BCUT2D eigenvalue weighted by Gasteiger charge is -2.15. The number of ether oxygens (including phenoxy) is 1. The SMILES string of the molecule is COc1ccc(C(Cl)c2c(F)cccc2F)c(C)c1. The van der Waals surface area contributed by atoms with Crippen molar-refractivity contribution in [2.45, 2.75) is 12.3 Å². The molecule has 0 aliphatic rings. The third kappa shape index (κ3) is 2.71. The van der Waals surface area contributed by atoms with Crippen LogP contribution < -0.4 is 4.74 Å². The van der Waals surface area contributed by atoms with Crippen LogP contribution in [0.3, 0.4) is 0 Å². The van der Waals surface area contributed by atoms with Crippen molar-refractivity contribution in [2.75, 3.05) is 7.11 Å². The number of rotatable bonds is 3. The van der Waals surface area contributed by atoms with Gasteiger partial charge >= 0.3 is 0 Å². The average Bonchev–Trinajstić information content (AvgIpc) is 2.38. The van der Waals surface area contributed by atoms with Crippen molar-refractivity contribution in [3.05, 3.63) is 64.7 Å². The summed E-state index contributed by atoms with van der Waals surface area (Å²) in [5.41, 5.74) is 1.35. The fourth-order valence-corrected chi connectivity index (χ4v) is 2.42. The maximum atomic E-state index is 13.7. The van der Waals surface area contributed by atoms with Crippen LogP contribution in [-0.4, -0.2) is 7.11 Å². The van der Waals surface area contributed by atoms with E-state index in [1.54, 1.807) is 25.3 Å². The molecule has 0 spiro atoms. The maximum Gasteiger partial charge on any atom is 0.131 e. The van der Waals surface area contributed by atoms with Gasteiger partial charge in [0.2, 0.25) is 0 Å². The van der Waals surface area contributed by atoms with Gasteiger partial charge in [0, 0.05) is 5.56 Å². The Morgan fingerprint density at radius 1 is 1.11 bits per heavy atom. The van der Waals surface area contributed by atoms with Crippen molar-refractivity contribution < 1.29 is 13.5 Å². The highest BCUT2D eigenvalue weighted by molar-refractivity contribution is 6.22. The molecular formula is C15H13ClF2O. The van der Waals surface area contributed by atoms with Crippen LogP contribution >= 0.6 is 11.6 Å². The van der Waals surface area contributed by atoms with E-state index in [1.165, 1.54) is 18.2 Å². The summed E-state index contributed by atoms with van der Waals surface area (Å²) in [4.78, 5) is 0. The summed E-state index contributed by atoms with van der Waals surface area (Å²) < 4.78 is 32.5. The monoisotopic (exact) mass is 282 g/mol. The van der Waals surface area contributed by atoms with Gasteiger partial charge < -0.3 is 4.74 Å². The van der Waals surface area contributed by atoms with Crippen LogP contribution in [0.2, 0.25) is 0 Å². The highest BCUT2D eigenvalue weighted by atomic mass is 35.5. The second-order valence-corrected chi connectivity index (χ2v) is 4.66. The minimum atomic E-state index is -0.868. The highest BCUT2D eigenvalue weighted by Gasteiger charge is 2.21.